The minimum atomic E-state index is -4.83. The van der Waals surface area contributed by atoms with Gasteiger partial charge in [0, 0.05) is 24.4 Å². The maximum Gasteiger partial charge on any atom is 0.420 e. The van der Waals surface area contributed by atoms with Crippen LogP contribution < -0.4 is 9.64 Å². The first-order chi connectivity index (χ1) is 16.8. The molecular weight excluding hydrogens is 505 g/mol. The van der Waals surface area contributed by atoms with Crippen molar-refractivity contribution in [1.82, 2.24) is 0 Å². The van der Waals surface area contributed by atoms with Gasteiger partial charge in [-0.15, -0.1) is 0 Å². The number of nitrogens with zero attached hydrogens (tertiary/aromatic N) is 1. The van der Waals surface area contributed by atoms with Crippen molar-refractivity contribution in [2.45, 2.75) is 49.6 Å². The van der Waals surface area contributed by atoms with Gasteiger partial charge in [-0.2, -0.15) is 13.2 Å². The van der Waals surface area contributed by atoms with E-state index in [9.17, 15) is 36.1 Å². The van der Waals surface area contributed by atoms with Gasteiger partial charge in [0.1, 0.15) is 17.8 Å². The van der Waals surface area contributed by atoms with E-state index in [2.05, 4.69) is 0 Å². The number of fused-ring (bicyclic) bond motifs is 1. The van der Waals surface area contributed by atoms with Gasteiger partial charge in [0.05, 0.1) is 26.9 Å². The van der Waals surface area contributed by atoms with Crippen LogP contribution >= 0.6 is 0 Å². The van der Waals surface area contributed by atoms with Gasteiger partial charge >= 0.3 is 12.1 Å². The van der Waals surface area contributed by atoms with Gasteiger partial charge < -0.3 is 14.7 Å². The minimum Gasteiger partial charge on any atom is -0.492 e. The van der Waals surface area contributed by atoms with E-state index in [-0.39, 0.29) is 29.3 Å². The van der Waals surface area contributed by atoms with E-state index in [0.717, 1.165) is 19.1 Å². The molecule has 1 aliphatic carbocycles. The average molecular weight is 532 g/mol. The van der Waals surface area contributed by atoms with Crippen molar-refractivity contribution in [1.29, 1.82) is 0 Å². The van der Waals surface area contributed by atoms with Crippen LogP contribution in [0.3, 0.4) is 0 Å². The fraction of sp³-hybridized carbons (Fsp3) is 0.480. The highest BCUT2D eigenvalue weighted by molar-refractivity contribution is 7.85. The highest BCUT2D eigenvalue weighted by Gasteiger charge is 2.51. The summed E-state index contributed by atoms with van der Waals surface area (Å²) >= 11 is 0. The molecule has 1 aliphatic heterocycles. The van der Waals surface area contributed by atoms with Crippen molar-refractivity contribution in [2.75, 3.05) is 23.8 Å². The zero-order chi connectivity index (χ0) is 26.3. The van der Waals surface area contributed by atoms with Crippen LogP contribution in [0.5, 0.6) is 5.75 Å². The third-order valence-corrected chi connectivity index (χ3v) is 8.19. The number of alkyl halides is 5. The first kappa shape index (κ1) is 26.4. The molecule has 2 aromatic rings. The summed E-state index contributed by atoms with van der Waals surface area (Å²) < 4.78 is 88.2. The summed E-state index contributed by atoms with van der Waals surface area (Å²) in [7, 11) is -1.80. The molecule has 4 rings (SSSR count). The number of hydrogen-bond acceptors (Lipinski definition) is 4. The fourth-order valence-electron chi connectivity index (χ4n) is 4.27. The SMILES string of the molecule is CC(F)(F)CCC1CN(c2ccccc2)c2cc(C(F)(F)F)c(OCC3(C(=O)O)CC3)cc2S(=O)C1. The second-order valence-electron chi connectivity index (χ2n) is 9.62. The lowest BCUT2D eigenvalue weighted by atomic mass is 10.0. The Hall–Kier alpha value is -2.69. The Kier molecular flexibility index (Phi) is 7.07. The van der Waals surface area contributed by atoms with Crippen molar-refractivity contribution < 1.29 is 40.8 Å². The standard InChI is InChI=1S/C25H26F5NO4S/c1-23(26,27)8-7-16-13-31(17-5-3-2-4-6-17)19-11-18(25(28,29)30)20(12-21(19)36(34)14-16)35-15-24(9-10-24)22(32)33/h2-6,11-12,16H,7-10,13-15H2,1H3,(H,32,33). The first-order valence-electron chi connectivity index (χ1n) is 11.5. The van der Waals surface area contributed by atoms with Gasteiger partial charge in [0.25, 0.3) is 0 Å². The van der Waals surface area contributed by atoms with Crippen LogP contribution in [0.4, 0.5) is 33.3 Å². The molecule has 0 amide bonds. The van der Waals surface area contributed by atoms with Crippen LogP contribution in [0, 0.1) is 11.3 Å². The van der Waals surface area contributed by atoms with Crippen LogP contribution in [0.25, 0.3) is 0 Å². The molecule has 2 aromatic carbocycles. The molecule has 1 fully saturated rings. The van der Waals surface area contributed by atoms with Crippen LogP contribution in [0.2, 0.25) is 0 Å². The molecule has 1 N–H and O–H groups in total. The minimum absolute atomic E-state index is 0.00369. The number of rotatable bonds is 8. The number of hydrogen-bond donors (Lipinski definition) is 1. The zero-order valence-corrected chi connectivity index (χ0v) is 20.3. The van der Waals surface area contributed by atoms with Gasteiger partial charge in [-0.05, 0) is 56.4 Å². The Balaban J connectivity index is 1.77. The highest BCUT2D eigenvalue weighted by atomic mass is 32.2. The molecule has 0 saturated heterocycles. The molecule has 0 radical (unpaired) electrons. The lowest BCUT2D eigenvalue weighted by Gasteiger charge is -2.29. The number of carbonyl (C=O) groups is 1. The lowest BCUT2D eigenvalue weighted by molar-refractivity contribution is -0.144. The second kappa shape index (κ2) is 9.64. The highest BCUT2D eigenvalue weighted by Crippen LogP contribution is 2.49. The Bertz CT molecular complexity index is 1150. The Morgan fingerprint density at radius 2 is 1.83 bits per heavy atom. The average Bonchev–Trinajstić information content (AvgIpc) is 3.60. The maximum absolute atomic E-state index is 14.1. The van der Waals surface area contributed by atoms with Crippen molar-refractivity contribution in [2.24, 2.45) is 11.3 Å². The Morgan fingerprint density at radius 1 is 1.17 bits per heavy atom. The molecule has 2 atom stereocenters. The third kappa shape index (κ3) is 5.82. The van der Waals surface area contributed by atoms with Crippen molar-refractivity contribution in [3.8, 4) is 5.75 Å². The smallest absolute Gasteiger partial charge is 0.420 e. The topological polar surface area (TPSA) is 66.8 Å². The number of carboxylic acid groups (broad SMARTS) is 1. The lowest BCUT2D eigenvalue weighted by Crippen LogP contribution is -2.27. The number of ether oxygens (including phenoxy) is 1. The molecule has 196 valence electrons. The van der Waals surface area contributed by atoms with E-state index in [1.807, 2.05) is 0 Å². The van der Waals surface area contributed by atoms with Gasteiger partial charge in [0.15, 0.2) is 0 Å². The molecular formula is C25H26F5NO4S. The summed E-state index contributed by atoms with van der Waals surface area (Å²) in [4.78, 5) is 13.1. The van der Waals surface area contributed by atoms with E-state index in [0.29, 0.717) is 18.5 Å². The van der Waals surface area contributed by atoms with E-state index < -0.39 is 64.5 Å². The fourth-order valence-corrected chi connectivity index (χ4v) is 5.79. The van der Waals surface area contributed by atoms with Crippen LogP contribution in [0.15, 0.2) is 47.4 Å². The van der Waals surface area contributed by atoms with Crippen LogP contribution in [0.1, 0.15) is 38.2 Å². The van der Waals surface area contributed by atoms with Gasteiger partial charge in [-0.3, -0.25) is 9.00 Å². The predicted octanol–water partition coefficient (Wildman–Crippen LogP) is 6.26. The van der Waals surface area contributed by atoms with E-state index in [1.54, 1.807) is 35.2 Å². The molecule has 0 spiro atoms. The summed E-state index contributed by atoms with van der Waals surface area (Å²) in [6.07, 6.45) is -4.63. The van der Waals surface area contributed by atoms with E-state index >= 15 is 0 Å². The molecule has 2 aliphatic rings. The quantitative estimate of drug-likeness (QED) is 0.408. The molecule has 1 heterocycles. The number of aliphatic carboxylic acids is 1. The van der Waals surface area contributed by atoms with Crippen LogP contribution in [-0.4, -0.2) is 40.1 Å². The number of halogens is 5. The van der Waals surface area contributed by atoms with Gasteiger partial charge in [0.2, 0.25) is 5.92 Å². The molecule has 0 bridgehead atoms. The molecule has 11 heteroatoms. The van der Waals surface area contributed by atoms with Crippen LogP contribution in [-0.2, 0) is 21.8 Å². The molecule has 1 saturated carbocycles. The monoisotopic (exact) mass is 531 g/mol. The van der Waals surface area contributed by atoms with Crippen molar-refractivity contribution in [3.05, 3.63) is 48.0 Å². The van der Waals surface area contributed by atoms with E-state index in [4.69, 9.17) is 4.74 Å². The number of carboxylic acids is 1. The molecule has 36 heavy (non-hydrogen) atoms. The van der Waals surface area contributed by atoms with E-state index in [1.165, 1.54) is 0 Å². The summed E-state index contributed by atoms with van der Waals surface area (Å²) in [5.74, 6) is -5.12. The van der Waals surface area contributed by atoms with Crippen molar-refractivity contribution in [3.63, 3.8) is 0 Å². The van der Waals surface area contributed by atoms with Crippen molar-refractivity contribution >= 4 is 28.1 Å². The molecule has 0 aromatic heterocycles. The first-order valence-corrected chi connectivity index (χ1v) is 12.8. The summed E-state index contributed by atoms with van der Waals surface area (Å²) in [6, 6.07) is 10.5. The van der Waals surface area contributed by atoms with Gasteiger partial charge in [-0.25, -0.2) is 8.78 Å². The number of benzene rings is 2. The predicted molar refractivity (Wildman–Crippen MR) is 124 cm³/mol. The Labute approximate surface area is 207 Å². The summed E-state index contributed by atoms with van der Waals surface area (Å²) in [5.41, 5.74) is -1.74. The van der Waals surface area contributed by atoms with Gasteiger partial charge in [-0.1, -0.05) is 18.2 Å². The second-order valence-corrected chi connectivity index (χ2v) is 11.1. The zero-order valence-electron chi connectivity index (χ0n) is 19.5. The molecule has 5 nitrogen and oxygen atoms in total. The Morgan fingerprint density at radius 3 is 2.39 bits per heavy atom. The maximum atomic E-state index is 14.1. The number of para-hydroxylation sites is 1. The summed E-state index contributed by atoms with van der Waals surface area (Å²) in [5, 5.41) is 9.37. The molecule has 2 unspecified atom stereocenters. The third-order valence-electron chi connectivity index (χ3n) is 6.60. The number of anilines is 2. The summed E-state index contributed by atoms with van der Waals surface area (Å²) in [6.45, 7) is 0.471. The normalized spacial score (nSPS) is 21.4. The largest absolute Gasteiger partial charge is 0.492 e.